The van der Waals surface area contributed by atoms with Gasteiger partial charge in [0.2, 0.25) is 0 Å². The average molecular weight is 788 g/mol. The summed E-state index contributed by atoms with van der Waals surface area (Å²) in [5.41, 5.74) is 22.6. The molecule has 3 nitrogen and oxygen atoms in total. The summed E-state index contributed by atoms with van der Waals surface area (Å²) in [4.78, 5) is 14.2. The number of hydrogen-bond acceptors (Lipinski definition) is 3. The maximum absolute atomic E-state index is 4.89. The van der Waals surface area contributed by atoms with Crippen molar-refractivity contribution >= 4 is 0 Å². The second-order valence-corrected chi connectivity index (χ2v) is 16.2. The van der Waals surface area contributed by atoms with Crippen LogP contribution in [0.25, 0.3) is 67.2 Å². The van der Waals surface area contributed by atoms with Crippen LogP contribution in [-0.4, -0.2) is 15.0 Å². The zero-order valence-electron chi connectivity index (χ0n) is 35.1. The largest absolute Gasteiger partial charge is 0.256 e. The van der Waals surface area contributed by atoms with E-state index in [2.05, 4.69) is 201 Å². The van der Waals surface area contributed by atoms with Gasteiger partial charge in [0, 0.05) is 40.8 Å². The molecule has 0 aliphatic carbocycles. The van der Waals surface area contributed by atoms with Gasteiger partial charge in [-0.15, -0.1) is 0 Å². The lowest BCUT2D eigenvalue weighted by Gasteiger charge is -2.15. The Morgan fingerprint density at radius 2 is 0.721 bits per heavy atom. The minimum absolute atomic E-state index is 0.952. The first-order chi connectivity index (χ1) is 29.9. The molecule has 0 N–H and O–H groups in total. The molecule has 3 heteroatoms. The van der Waals surface area contributed by atoms with Crippen molar-refractivity contribution < 1.29 is 0 Å². The van der Waals surface area contributed by atoms with Crippen LogP contribution in [0.5, 0.6) is 0 Å². The van der Waals surface area contributed by atoms with E-state index >= 15 is 0 Å². The molecule has 3 heterocycles. The van der Waals surface area contributed by atoms with Crippen molar-refractivity contribution in [3.8, 4) is 67.2 Å². The second-order valence-electron chi connectivity index (χ2n) is 16.2. The normalized spacial score (nSPS) is 11.1. The number of rotatable bonds is 12. The third-order valence-electron chi connectivity index (χ3n) is 11.7. The standard InChI is InChI=1S/C58H49N3/c1-40-13-31-56(59-37-40)49-23-19-43(20-24-49)15-17-45-34-46(18-16-44-21-25-50(26-22-44)57-32-14-41(2)38-60-57)36-52(35-45)54-12-8-7-11-53(54)48-27-29-51(30-28-48)58-33-42(3)55(39-61-58)47-9-5-4-6-10-47/h4-14,19-39H,15-18H2,1-3H3. The number of aryl methyl sites for hydroxylation is 7. The van der Waals surface area contributed by atoms with Crippen LogP contribution in [-0.2, 0) is 25.7 Å². The molecule has 296 valence electrons. The molecule has 0 amide bonds. The van der Waals surface area contributed by atoms with Crippen molar-refractivity contribution in [2.24, 2.45) is 0 Å². The first-order valence-electron chi connectivity index (χ1n) is 21.3. The average Bonchev–Trinajstić information content (AvgIpc) is 3.31. The molecule has 0 saturated heterocycles. The van der Waals surface area contributed by atoms with Crippen LogP contribution in [0.4, 0.5) is 0 Å². The summed E-state index contributed by atoms with van der Waals surface area (Å²) in [6, 6.07) is 63.9. The van der Waals surface area contributed by atoms with Gasteiger partial charge in [-0.3, -0.25) is 15.0 Å². The van der Waals surface area contributed by atoms with E-state index in [-0.39, 0.29) is 0 Å². The van der Waals surface area contributed by atoms with E-state index < -0.39 is 0 Å². The summed E-state index contributed by atoms with van der Waals surface area (Å²) in [5.74, 6) is 0. The Morgan fingerprint density at radius 1 is 0.295 bits per heavy atom. The minimum Gasteiger partial charge on any atom is -0.256 e. The summed E-state index contributed by atoms with van der Waals surface area (Å²) >= 11 is 0. The zero-order chi connectivity index (χ0) is 41.5. The Morgan fingerprint density at radius 3 is 1.23 bits per heavy atom. The number of aromatic nitrogens is 3. The molecule has 9 aromatic rings. The third-order valence-corrected chi connectivity index (χ3v) is 11.7. The Kier molecular flexibility index (Phi) is 11.5. The molecule has 0 atom stereocenters. The van der Waals surface area contributed by atoms with Crippen molar-refractivity contribution in [1.82, 2.24) is 15.0 Å². The minimum atomic E-state index is 0.952. The quantitative estimate of drug-likeness (QED) is 0.124. The van der Waals surface area contributed by atoms with Gasteiger partial charge in [-0.1, -0.05) is 158 Å². The molecule has 0 saturated carbocycles. The van der Waals surface area contributed by atoms with Crippen molar-refractivity contribution in [3.63, 3.8) is 0 Å². The molecule has 9 rings (SSSR count). The van der Waals surface area contributed by atoms with Crippen molar-refractivity contribution in [3.05, 3.63) is 233 Å². The molecule has 0 bridgehead atoms. The summed E-state index contributed by atoms with van der Waals surface area (Å²) in [6.07, 6.45) is 9.70. The van der Waals surface area contributed by atoms with Crippen molar-refractivity contribution in [2.45, 2.75) is 46.5 Å². The molecule has 0 aliphatic heterocycles. The molecular formula is C58H49N3. The van der Waals surface area contributed by atoms with Gasteiger partial charge >= 0.3 is 0 Å². The van der Waals surface area contributed by atoms with Crippen LogP contribution in [0.15, 0.2) is 195 Å². The molecule has 6 aromatic carbocycles. The van der Waals surface area contributed by atoms with Gasteiger partial charge in [0.15, 0.2) is 0 Å². The third kappa shape index (κ3) is 9.33. The van der Waals surface area contributed by atoms with Gasteiger partial charge in [-0.2, -0.15) is 0 Å². The Hall–Kier alpha value is -7.23. The van der Waals surface area contributed by atoms with Crippen LogP contribution in [0.1, 0.15) is 38.9 Å². The number of pyridine rings is 3. The lowest BCUT2D eigenvalue weighted by molar-refractivity contribution is 0.931. The molecule has 3 aromatic heterocycles. The fourth-order valence-electron chi connectivity index (χ4n) is 8.19. The molecule has 61 heavy (non-hydrogen) atoms. The van der Waals surface area contributed by atoms with Gasteiger partial charge in [-0.05, 0) is 131 Å². The fraction of sp³-hybridized carbons (Fsp3) is 0.121. The van der Waals surface area contributed by atoms with E-state index in [4.69, 9.17) is 4.98 Å². The SMILES string of the molecule is Cc1ccc(-c2ccc(CCc3cc(CCc4ccc(-c5ccc(C)cn5)cc4)cc(-c4ccccc4-c4ccc(-c5cc(C)c(-c6ccccc6)cn5)cc4)c3)cc2)nc1. The van der Waals surface area contributed by atoms with E-state index in [1.807, 2.05) is 24.7 Å². The predicted molar refractivity (Wildman–Crippen MR) is 254 cm³/mol. The van der Waals surface area contributed by atoms with Crippen LogP contribution < -0.4 is 0 Å². The van der Waals surface area contributed by atoms with Crippen LogP contribution in [0.2, 0.25) is 0 Å². The lowest BCUT2D eigenvalue weighted by atomic mass is 9.90. The summed E-state index contributed by atoms with van der Waals surface area (Å²) in [6.45, 7) is 6.31. The number of benzene rings is 6. The first kappa shape index (κ1) is 39.2. The highest BCUT2D eigenvalue weighted by Crippen LogP contribution is 2.35. The van der Waals surface area contributed by atoms with Crippen LogP contribution in [0.3, 0.4) is 0 Å². The predicted octanol–water partition coefficient (Wildman–Crippen LogP) is 14.4. The van der Waals surface area contributed by atoms with E-state index in [1.54, 1.807) is 0 Å². The van der Waals surface area contributed by atoms with Gasteiger partial charge in [-0.25, -0.2) is 0 Å². The van der Waals surface area contributed by atoms with E-state index in [9.17, 15) is 0 Å². The highest BCUT2D eigenvalue weighted by molar-refractivity contribution is 5.85. The topological polar surface area (TPSA) is 38.7 Å². The number of nitrogens with zero attached hydrogens (tertiary/aromatic N) is 3. The van der Waals surface area contributed by atoms with Crippen molar-refractivity contribution in [2.75, 3.05) is 0 Å². The Balaban J connectivity index is 0.985. The van der Waals surface area contributed by atoms with E-state index in [1.165, 1.54) is 72.3 Å². The fourth-order valence-corrected chi connectivity index (χ4v) is 8.19. The van der Waals surface area contributed by atoms with E-state index in [0.717, 1.165) is 59.5 Å². The zero-order valence-corrected chi connectivity index (χ0v) is 35.1. The Labute approximate surface area is 360 Å². The molecule has 0 fully saturated rings. The summed E-state index contributed by atoms with van der Waals surface area (Å²) in [7, 11) is 0. The smallest absolute Gasteiger partial charge is 0.0705 e. The highest BCUT2D eigenvalue weighted by atomic mass is 14.7. The van der Waals surface area contributed by atoms with Crippen LogP contribution >= 0.6 is 0 Å². The van der Waals surface area contributed by atoms with E-state index in [0.29, 0.717) is 0 Å². The monoisotopic (exact) mass is 787 g/mol. The molecule has 0 aliphatic rings. The van der Waals surface area contributed by atoms with Gasteiger partial charge in [0.25, 0.3) is 0 Å². The molecule has 0 radical (unpaired) electrons. The maximum atomic E-state index is 4.89. The van der Waals surface area contributed by atoms with Gasteiger partial charge in [0.1, 0.15) is 0 Å². The van der Waals surface area contributed by atoms with Crippen LogP contribution in [0, 0.1) is 20.8 Å². The van der Waals surface area contributed by atoms with Gasteiger partial charge < -0.3 is 0 Å². The Bertz CT molecular complexity index is 2770. The second kappa shape index (κ2) is 17.9. The molecule has 0 spiro atoms. The first-order valence-corrected chi connectivity index (χ1v) is 21.3. The molecule has 0 unspecified atom stereocenters. The summed E-state index contributed by atoms with van der Waals surface area (Å²) < 4.78 is 0. The maximum Gasteiger partial charge on any atom is 0.0705 e. The highest BCUT2D eigenvalue weighted by Gasteiger charge is 2.13. The lowest BCUT2D eigenvalue weighted by Crippen LogP contribution is -1.98. The van der Waals surface area contributed by atoms with Gasteiger partial charge in [0.05, 0.1) is 17.1 Å². The summed E-state index contributed by atoms with van der Waals surface area (Å²) in [5, 5.41) is 0. The molecular weight excluding hydrogens is 739 g/mol. The number of hydrogen-bond donors (Lipinski definition) is 0. The van der Waals surface area contributed by atoms with Crippen molar-refractivity contribution in [1.29, 1.82) is 0 Å².